The van der Waals surface area contributed by atoms with Gasteiger partial charge in [0.2, 0.25) is 0 Å². The van der Waals surface area contributed by atoms with Gasteiger partial charge in [0, 0.05) is 11.8 Å². The first-order chi connectivity index (χ1) is 8.49. The molecule has 0 amide bonds. The lowest BCUT2D eigenvalue weighted by Crippen LogP contribution is -1.98. The number of aromatic nitrogens is 2. The van der Waals surface area contributed by atoms with Crippen LogP contribution in [0.25, 0.3) is 11.4 Å². The average molecular weight is 265 g/mol. The minimum atomic E-state index is -0.339. The molecule has 0 aliphatic heterocycles. The van der Waals surface area contributed by atoms with Gasteiger partial charge >= 0.3 is 0 Å². The van der Waals surface area contributed by atoms with Gasteiger partial charge in [0.25, 0.3) is 0 Å². The van der Waals surface area contributed by atoms with Crippen molar-refractivity contribution in [2.45, 2.75) is 26.7 Å². The van der Waals surface area contributed by atoms with Crippen LogP contribution in [-0.2, 0) is 0 Å². The maximum atomic E-state index is 13.7. The van der Waals surface area contributed by atoms with Crippen molar-refractivity contribution in [2.24, 2.45) is 0 Å². The second-order valence-electron chi connectivity index (χ2n) is 4.58. The summed E-state index contributed by atoms with van der Waals surface area (Å²) >= 11 is 6.09. The maximum absolute atomic E-state index is 13.7. The first-order valence-corrected chi connectivity index (χ1v) is 6.16. The maximum Gasteiger partial charge on any atom is 0.163 e. The van der Waals surface area contributed by atoms with Crippen LogP contribution < -0.4 is 0 Å². The third-order valence-corrected chi connectivity index (χ3v) is 3.06. The molecular formula is C14H14ClFN2. The Kier molecular flexibility index (Phi) is 3.62. The summed E-state index contributed by atoms with van der Waals surface area (Å²) in [5.74, 6) is 0.230. The highest BCUT2D eigenvalue weighted by Gasteiger charge is 2.12. The Bertz CT molecular complexity index is 582. The van der Waals surface area contributed by atoms with Crippen LogP contribution in [0, 0.1) is 12.7 Å². The van der Waals surface area contributed by atoms with E-state index in [4.69, 9.17) is 11.6 Å². The molecule has 0 bridgehead atoms. The van der Waals surface area contributed by atoms with Crippen LogP contribution in [0.2, 0.25) is 5.15 Å². The molecule has 0 aliphatic rings. The fourth-order valence-electron chi connectivity index (χ4n) is 1.70. The number of hydrogen-bond donors (Lipinski definition) is 0. The highest BCUT2D eigenvalue weighted by atomic mass is 35.5. The first-order valence-electron chi connectivity index (χ1n) is 5.78. The largest absolute Gasteiger partial charge is 0.236 e. The van der Waals surface area contributed by atoms with Crippen molar-refractivity contribution in [3.8, 4) is 11.4 Å². The van der Waals surface area contributed by atoms with E-state index in [2.05, 4.69) is 9.97 Å². The zero-order valence-electron chi connectivity index (χ0n) is 10.5. The van der Waals surface area contributed by atoms with E-state index in [-0.39, 0.29) is 11.7 Å². The fourth-order valence-corrected chi connectivity index (χ4v) is 2.04. The summed E-state index contributed by atoms with van der Waals surface area (Å²) in [6, 6.07) is 4.84. The standard InChI is InChI=1S/C14H14ClFN2/c1-8(2)11-7-17-14(18-13(11)15)10-6-9(3)4-5-12(10)16/h4-8H,1-3H3. The molecule has 1 heterocycles. The fraction of sp³-hybridized carbons (Fsp3) is 0.286. The van der Waals surface area contributed by atoms with Crippen molar-refractivity contribution in [1.29, 1.82) is 0 Å². The van der Waals surface area contributed by atoms with Crippen LogP contribution in [-0.4, -0.2) is 9.97 Å². The Hall–Kier alpha value is -1.48. The molecule has 4 heteroatoms. The molecule has 1 aromatic heterocycles. The SMILES string of the molecule is Cc1ccc(F)c(-c2ncc(C(C)C)c(Cl)n2)c1. The van der Waals surface area contributed by atoms with Crippen molar-refractivity contribution < 1.29 is 4.39 Å². The van der Waals surface area contributed by atoms with Gasteiger partial charge in [-0.1, -0.05) is 37.1 Å². The Morgan fingerprint density at radius 3 is 2.61 bits per heavy atom. The molecular weight excluding hydrogens is 251 g/mol. The lowest BCUT2D eigenvalue weighted by Gasteiger charge is -2.09. The predicted octanol–water partition coefficient (Wildman–Crippen LogP) is 4.37. The van der Waals surface area contributed by atoms with Gasteiger partial charge in [-0.15, -0.1) is 0 Å². The Balaban J connectivity index is 2.52. The van der Waals surface area contributed by atoms with E-state index in [1.807, 2.05) is 20.8 Å². The van der Waals surface area contributed by atoms with Gasteiger partial charge in [-0.3, -0.25) is 0 Å². The summed E-state index contributed by atoms with van der Waals surface area (Å²) in [4.78, 5) is 8.38. The van der Waals surface area contributed by atoms with Gasteiger partial charge in [0.15, 0.2) is 5.82 Å². The van der Waals surface area contributed by atoms with Crippen LogP contribution in [0.1, 0.15) is 30.9 Å². The molecule has 0 unspecified atom stereocenters. The van der Waals surface area contributed by atoms with Gasteiger partial charge in [-0.05, 0) is 25.0 Å². The third-order valence-electron chi connectivity index (χ3n) is 2.75. The van der Waals surface area contributed by atoms with Crippen molar-refractivity contribution >= 4 is 11.6 Å². The normalized spacial score (nSPS) is 11.0. The lowest BCUT2D eigenvalue weighted by molar-refractivity contribution is 0.629. The lowest BCUT2D eigenvalue weighted by atomic mass is 10.1. The molecule has 94 valence electrons. The summed E-state index contributed by atoms with van der Waals surface area (Å²) in [6.45, 7) is 5.92. The minimum Gasteiger partial charge on any atom is -0.236 e. The topological polar surface area (TPSA) is 25.8 Å². The van der Waals surface area contributed by atoms with Crippen LogP contribution in [0.3, 0.4) is 0 Å². The van der Waals surface area contributed by atoms with Crippen LogP contribution in [0.15, 0.2) is 24.4 Å². The van der Waals surface area contributed by atoms with Crippen LogP contribution in [0.4, 0.5) is 4.39 Å². The number of rotatable bonds is 2. The molecule has 2 aromatic rings. The molecule has 18 heavy (non-hydrogen) atoms. The Morgan fingerprint density at radius 1 is 1.28 bits per heavy atom. The van der Waals surface area contributed by atoms with Gasteiger partial charge in [-0.2, -0.15) is 0 Å². The molecule has 2 rings (SSSR count). The first kappa shape index (κ1) is 13.0. The number of benzene rings is 1. The summed E-state index contributed by atoms with van der Waals surface area (Å²) in [5.41, 5.74) is 2.21. The van der Waals surface area contributed by atoms with E-state index in [9.17, 15) is 4.39 Å². The quantitative estimate of drug-likeness (QED) is 0.753. The summed E-state index contributed by atoms with van der Waals surface area (Å²) in [5, 5.41) is 0.385. The Morgan fingerprint density at radius 2 is 2.00 bits per heavy atom. The minimum absolute atomic E-state index is 0.244. The van der Waals surface area contributed by atoms with E-state index in [0.717, 1.165) is 11.1 Å². The molecule has 2 nitrogen and oxygen atoms in total. The van der Waals surface area contributed by atoms with Gasteiger partial charge in [0.1, 0.15) is 11.0 Å². The zero-order chi connectivity index (χ0) is 13.3. The molecule has 0 atom stereocenters. The van der Waals surface area contributed by atoms with E-state index in [1.54, 1.807) is 18.3 Å². The molecule has 0 radical (unpaired) electrons. The number of nitrogens with zero attached hydrogens (tertiary/aromatic N) is 2. The number of aryl methyl sites for hydroxylation is 1. The second-order valence-corrected chi connectivity index (χ2v) is 4.94. The average Bonchev–Trinajstić information content (AvgIpc) is 2.31. The van der Waals surface area contributed by atoms with Gasteiger partial charge in [-0.25, -0.2) is 14.4 Å². The number of hydrogen-bond acceptors (Lipinski definition) is 2. The van der Waals surface area contributed by atoms with Crippen molar-refractivity contribution in [1.82, 2.24) is 9.97 Å². The molecule has 0 N–H and O–H groups in total. The van der Waals surface area contributed by atoms with Crippen molar-refractivity contribution in [3.05, 3.63) is 46.5 Å². The predicted molar refractivity (Wildman–Crippen MR) is 71.3 cm³/mol. The van der Waals surface area contributed by atoms with E-state index in [1.165, 1.54) is 6.07 Å². The molecule has 0 fully saturated rings. The van der Waals surface area contributed by atoms with Gasteiger partial charge < -0.3 is 0 Å². The second kappa shape index (κ2) is 5.02. The van der Waals surface area contributed by atoms with E-state index in [0.29, 0.717) is 16.5 Å². The summed E-state index contributed by atoms with van der Waals surface area (Å²) < 4.78 is 13.7. The highest BCUT2D eigenvalue weighted by molar-refractivity contribution is 6.30. The van der Waals surface area contributed by atoms with Crippen molar-refractivity contribution in [2.75, 3.05) is 0 Å². The van der Waals surface area contributed by atoms with Gasteiger partial charge in [0.05, 0.1) is 5.56 Å². The summed E-state index contributed by atoms with van der Waals surface area (Å²) in [7, 11) is 0. The van der Waals surface area contributed by atoms with Crippen molar-refractivity contribution in [3.63, 3.8) is 0 Å². The monoisotopic (exact) mass is 264 g/mol. The molecule has 0 aliphatic carbocycles. The smallest absolute Gasteiger partial charge is 0.163 e. The molecule has 1 aromatic carbocycles. The summed E-state index contributed by atoms with van der Waals surface area (Å²) in [6.07, 6.45) is 1.66. The molecule has 0 saturated heterocycles. The highest BCUT2D eigenvalue weighted by Crippen LogP contribution is 2.26. The molecule has 0 spiro atoms. The van der Waals surface area contributed by atoms with Crippen LogP contribution >= 0.6 is 11.6 Å². The molecule has 0 saturated carbocycles. The van der Waals surface area contributed by atoms with E-state index < -0.39 is 0 Å². The Labute approximate surface area is 111 Å². The van der Waals surface area contributed by atoms with Crippen LogP contribution in [0.5, 0.6) is 0 Å². The van der Waals surface area contributed by atoms with E-state index >= 15 is 0 Å². The third kappa shape index (κ3) is 2.51. The number of halogens is 2. The zero-order valence-corrected chi connectivity index (χ0v) is 11.3.